The SMILES string of the molecule is C#CCNC(=NCCC(C)(C)C)NCC. The maximum Gasteiger partial charge on any atom is 0.192 e. The van der Waals surface area contributed by atoms with Gasteiger partial charge in [0, 0.05) is 13.1 Å². The number of rotatable bonds is 4. The van der Waals surface area contributed by atoms with Gasteiger partial charge in [-0.3, -0.25) is 4.99 Å². The minimum Gasteiger partial charge on any atom is -0.357 e. The molecule has 3 heteroatoms. The average molecular weight is 209 g/mol. The third-order valence-electron chi connectivity index (χ3n) is 1.83. The minimum atomic E-state index is 0.326. The molecule has 15 heavy (non-hydrogen) atoms. The van der Waals surface area contributed by atoms with E-state index in [0.29, 0.717) is 12.0 Å². The summed E-state index contributed by atoms with van der Waals surface area (Å²) < 4.78 is 0. The van der Waals surface area contributed by atoms with Crippen LogP contribution in [0.3, 0.4) is 0 Å². The molecule has 0 aliphatic rings. The summed E-state index contributed by atoms with van der Waals surface area (Å²) in [5.74, 6) is 3.34. The summed E-state index contributed by atoms with van der Waals surface area (Å²) in [5, 5.41) is 6.21. The highest BCUT2D eigenvalue weighted by Gasteiger charge is 2.08. The fourth-order valence-electron chi connectivity index (χ4n) is 0.980. The van der Waals surface area contributed by atoms with Gasteiger partial charge in [0.25, 0.3) is 0 Å². The number of guanidine groups is 1. The Kier molecular flexibility index (Phi) is 6.61. The molecule has 0 aromatic heterocycles. The molecule has 0 rings (SSSR count). The highest BCUT2D eigenvalue weighted by Crippen LogP contribution is 2.17. The van der Waals surface area contributed by atoms with Crippen LogP contribution in [0.25, 0.3) is 0 Å². The third kappa shape index (κ3) is 9.14. The van der Waals surface area contributed by atoms with Crippen LogP contribution in [0.1, 0.15) is 34.1 Å². The third-order valence-corrected chi connectivity index (χ3v) is 1.83. The van der Waals surface area contributed by atoms with Crippen molar-refractivity contribution in [3.63, 3.8) is 0 Å². The number of nitrogens with one attached hydrogen (secondary N) is 2. The lowest BCUT2D eigenvalue weighted by molar-refractivity contribution is 0.385. The molecular weight excluding hydrogens is 186 g/mol. The Hall–Kier alpha value is -1.17. The summed E-state index contributed by atoms with van der Waals surface area (Å²) in [6.45, 7) is 10.9. The molecule has 0 unspecified atom stereocenters. The van der Waals surface area contributed by atoms with E-state index in [-0.39, 0.29) is 0 Å². The lowest BCUT2D eigenvalue weighted by atomic mass is 9.93. The van der Waals surface area contributed by atoms with Crippen LogP contribution in [0, 0.1) is 17.8 Å². The van der Waals surface area contributed by atoms with Gasteiger partial charge in [0.05, 0.1) is 6.54 Å². The van der Waals surface area contributed by atoms with Crippen molar-refractivity contribution in [2.24, 2.45) is 10.4 Å². The van der Waals surface area contributed by atoms with Gasteiger partial charge in [0.2, 0.25) is 0 Å². The van der Waals surface area contributed by atoms with Crippen LogP contribution in [0.2, 0.25) is 0 Å². The van der Waals surface area contributed by atoms with Crippen molar-refractivity contribution < 1.29 is 0 Å². The van der Waals surface area contributed by atoms with Gasteiger partial charge in [-0.05, 0) is 18.8 Å². The molecule has 0 spiro atoms. The van der Waals surface area contributed by atoms with Gasteiger partial charge in [-0.25, -0.2) is 0 Å². The smallest absolute Gasteiger partial charge is 0.192 e. The van der Waals surface area contributed by atoms with Crippen molar-refractivity contribution in [1.82, 2.24) is 10.6 Å². The van der Waals surface area contributed by atoms with Crippen LogP contribution < -0.4 is 10.6 Å². The van der Waals surface area contributed by atoms with E-state index in [1.165, 1.54) is 0 Å². The molecule has 0 fully saturated rings. The van der Waals surface area contributed by atoms with Crippen LogP contribution in [0.5, 0.6) is 0 Å². The second-order valence-corrected chi connectivity index (χ2v) is 4.63. The van der Waals surface area contributed by atoms with E-state index >= 15 is 0 Å². The Labute approximate surface area is 93.7 Å². The summed E-state index contributed by atoms with van der Waals surface area (Å²) in [7, 11) is 0. The average Bonchev–Trinajstić information content (AvgIpc) is 2.12. The van der Waals surface area contributed by atoms with Crippen LogP contribution in [-0.2, 0) is 0 Å². The predicted molar refractivity (Wildman–Crippen MR) is 66.9 cm³/mol. The molecule has 0 aliphatic carbocycles. The van der Waals surface area contributed by atoms with E-state index in [2.05, 4.69) is 42.3 Å². The van der Waals surface area contributed by atoms with Crippen LogP contribution in [0.15, 0.2) is 4.99 Å². The zero-order chi connectivity index (χ0) is 11.7. The Balaban J connectivity index is 4.00. The first kappa shape index (κ1) is 13.8. The van der Waals surface area contributed by atoms with E-state index in [4.69, 9.17) is 6.42 Å². The summed E-state index contributed by atoms with van der Waals surface area (Å²) in [5.41, 5.74) is 0.326. The van der Waals surface area contributed by atoms with Gasteiger partial charge in [-0.1, -0.05) is 26.7 Å². The van der Waals surface area contributed by atoms with Gasteiger partial charge < -0.3 is 10.6 Å². The first-order chi connectivity index (χ1) is 6.99. The Bertz CT molecular complexity index is 230. The summed E-state index contributed by atoms with van der Waals surface area (Å²) in [6, 6.07) is 0. The number of hydrogen-bond acceptors (Lipinski definition) is 1. The summed E-state index contributed by atoms with van der Waals surface area (Å²) in [4.78, 5) is 4.44. The maximum atomic E-state index is 5.18. The molecule has 86 valence electrons. The van der Waals surface area contributed by atoms with Crippen molar-refractivity contribution in [2.45, 2.75) is 34.1 Å². The van der Waals surface area contributed by atoms with Gasteiger partial charge in [0.1, 0.15) is 0 Å². The molecule has 0 aliphatic heterocycles. The second kappa shape index (κ2) is 7.17. The standard InChI is InChI=1S/C12H23N3/c1-6-9-14-11(13-7-2)15-10-8-12(3,4)5/h1H,7-10H2,2-5H3,(H2,13,14,15). The fourth-order valence-corrected chi connectivity index (χ4v) is 0.980. The largest absolute Gasteiger partial charge is 0.357 e. The Morgan fingerprint density at radius 1 is 1.33 bits per heavy atom. The quantitative estimate of drug-likeness (QED) is 0.419. The molecule has 0 aromatic carbocycles. The lowest BCUT2D eigenvalue weighted by Gasteiger charge is -2.16. The van der Waals surface area contributed by atoms with Gasteiger partial charge in [-0.2, -0.15) is 0 Å². The zero-order valence-electron chi connectivity index (χ0n) is 10.4. The van der Waals surface area contributed by atoms with Gasteiger partial charge in [-0.15, -0.1) is 6.42 Å². The Morgan fingerprint density at radius 3 is 2.47 bits per heavy atom. The van der Waals surface area contributed by atoms with Crippen molar-refractivity contribution in [2.75, 3.05) is 19.6 Å². The van der Waals surface area contributed by atoms with Gasteiger partial charge >= 0.3 is 0 Å². The van der Waals surface area contributed by atoms with Crippen molar-refractivity contribution in [3.8, 4) is 12.3 Å². The van der Waals surface area contributed by atoms with Crippen molar-refractivity contribution in [3.05, 3.63) is 0 Å². The molecule has 0 saturated heterocycles. The molecule has 0 atom stereocenters. The van der Waals surface area contributed by atoms with Crippen molar-refractivity contribution in [1.29, 1.82) is 0 Å². The molecule has 3 nitrogen and oxygen atoms in total. The number of terminal acetylenes is 1. The Morgan fingerprint density at radius 2 is 2.00 bits per heavy atom. The van der Waals surface area contributed by atoms with Crippen LogP contribution >= 0.6 is 0 Å². The molecular formula is C12H23N3. The monoisotopic (exact) mass is 209 g/mol. The lowest BCUT2D eigenvalue weighted by Crippen LogP contribution is -2.37. The molecule has 2 N–H and O–H groups in total. The summed E-state index contributed by atoms with van der Waals surface area (Å²) in [6.07, 6.45) is 6.24. The molecule has 0 radical (unpaired) electrons. The predicted octanol–water partition coefficient (Wildman–Crippen LogP) is 1.61. The van der Waals surface area contributed by atoms with Crippen LogP contribution in [-0.4, -0.2) is 25.6 Å². The molecule has 0 bridgehead atoms. The molecule has 0 aromatic rings. The highest BCUT2D eigenvalue weighted by molar-refractivity contribution is 5.79. The normalized spacial score (nSPS) is 12.1. The topological polar surface area (TPSA) is 36.4 Å². The van der Waals surface area contributed by atoms with E-state index in [1.54, 1.807) is 0 Å². The minimum absolute atomic E-state index is 0.326. The summed E-state index contributed by atoms with van der Waals surface area (Å²) >= 11 is 0. The van der Waals surface area contributed by atoms with E-state index < -0.39 is 0 Å². The molecule has 0 amide bonds. The van der Waals surface area contributed by atoms with E-state index in [9.17, 15) is 0 Å². The van der Waals surface area contributed by atoms with E-state index in [1.807, 2.05) is 6.92 Å². The fraction of sp³-hybridized carbons (Fsp3) is 0.750. The number of hydrogen-bond donors (Lipinski definition) is 2. The number of nitrogens with zero attached hydrogens (tertiary/aromatic N) is 1. The van der Waals surface area contributed by atoms with Gasteiger partial charge in [0.15, 0.2) is 5.96 Å². The first-order valence-electron chi connectivity index (χ1n) is 5.45. The maximum absolute atomic E-state index is 5.18. The van der Waals surface area contributed by atoms with E-state index in [0.717, 1.165) is 25.5 Å². The molecule has 0 heterocycles. The zero-order valence-corrected chi connectivity index (χ0v) is 10.4. The second-order valence-electron chi connectivity index (χ2n) is 4.63. The molecule has 0 saturated carbocycles. The number of aliphatic imine (C=N–C) groups is 1. The first-order valence-corrected chi connectivity index (χ1v) is 5.45. The van der Waals surface area contributed by atoms with Crippen LogP contribution in [0.4, 0.5) is 0 Å². The van der Waals surface area contributed by atoms with Crippen molar-refractivity contribution >= 4 is 5.96 Å². The highest BCUT2D eigenvalue weighted by atomic mass is 15.2.